The fourth-order valence-electron chi connectivity index (χ4n) is 4.25. The zero-order chi connectivity index (χ0) is 21.8. The molecule has 0 saturated heterocycles. The number of rotatable bonds is 2. The van der Waals surface area contributed by atoms with Gasteiger partial charge in [0.25, 0.3) is 0 Å². The first-order valence-corrected chi connectivity index (χ1v) is 10.4. The van der Waals surface area contributed by atoms with Crippen molar-refractivity contribution in [3.05, 3.63) is 39.7 Å². The van der Waals surface area contributed by atoms with Crippen molar-refractivity contribution >= 4 is 11.3 Å². The van der Waals surface area contributed by atoms with Gasteiger partial charge < -0.3 is 9.13 Å². The van der Waals surface area contributed by atoms with E-state index in [1.165, 1.54) is 28.2 Å². The summed E-state index contributed by atoms with van der Waals surface area (Å²) in [7, 11) is 4.15. The SMILES string of the molecule is Cc1nn2c(C)c(C)n(C)c2c1C(C)C.Cc1nn2nc(C)n(C)c2c1C(C)C. The molecule has 0 unspecified atom stereocenters. The van der Waals surface area contributed by atoms with Gasteiger partial charge >= 0.3 is 0 Å². The predicted molar refractivity (Wildman–Crippen MR) is 118 cm³/mol. The van der Waals surface area contributed by atoms with E-state index < -0.39 is 0 Å². The summed E-state index contributed by atoms with van der Waals surface area (Å²) >= 11 is 0. The standard InChI is InChI=1S/C12H19N3.C10H16N4/c1-7(2)11-8(3)13-15-10(5)9(4)14(6)12(11)15;1-6(2)9-7(3)11-14-10(9)13(5)8(4)12-14/h7H,1-6H3;6H,1-5H3. The lowest BCUT2D eigenvalue weighted by Crippen LogP contribution is -1.96. The molecule has 0 aliphatic heterocycles. The van der Waals surface area contributed by atoms with Gasteiger partial charge in [-0.2, -0.15) is 10.2 Å². The molecule has 4 aromatic rings. The van der Waals surface area contributed by atoms with Gasteiger partial charge in [-0.1, -0.05) is 27.7 Å². The van der Waals surface area contributed by atoms with Crippen LogP contribution < -0.4 is 0 Å². The molecule has 0 aliphatic carbocycles. The maximum atomic E-state index is 4.61. The molecule has 0 radical (unpaired) electrons. The summed E-state index contributed by atoms with van der Waals surface area (Å²) in [4.78, 5) is 0. The first kappa shape index (κ1) is 21.1. The van der Waals surface area contributed by atoms with Crippen LogP contribution in [0.2, 0.25) is 0 Å². The molecule has 7 heteroatoms. The fraction of sp³-hybridized carbons (Fsp3) is 0.591. The molecule has 4 rings (SSSR count). The number of imidazole rings is 1. The zero-order valence-corrected chi connectivity index (χ0v) is 19.8. The van der Waals surface area contributed by atoms with Gasteiger partial charge in [0.1, 0.15) is 11.5 Å². The zero-order valence-electron chi connectivity index (χ0n) is 19.8. The maximum absolute atomic E-state index is 4.61. The van der Waals surface area contributed by atoms with Gasteiger partial charge in [0.05, 0.1) is 17.1 Å². The van der Waals surface area contributed by atoms with Crippen molar-refractivity contribution in [2.75, 3.05) is 0 Å². The van der Waals surface area contributed by atoms with E-state index in [2.05, 4.69) is 84.5 Å². The predicted octanol–water partition coefficient (Wildman–Crippen LogP) is 4.53. The Kier molecular flexibility index (Phi) is 5.36. The van der Waals surface area contributed by atoms with Crippen molar-refractivity contribution in [2.24, 2.45) is 14.1 Å². The molecule has 0 bridgehead atoms. The first-order valence-electron chi connectivity index (χ1n) is 10.4. The van der Waals surface area contributed by atoms with E-state index in [1.807, 2.05) is 20.9 Å². The van der Waals surface area contributed by atoms with Crippen molar-refractivity contribution in [3.8, 4) is 0 Å². The summed E-state index contributed by atoms with van der Waals surface area (Å²) in [5, 5.41) is 13.4. The molecule has 4 heterocycles. The van der Waals surface area contributed by atoms with Gasteiger partial charge in [-0.15, -0.1) is 9.73 Å². The van der Waals surface area contributed by atoms with Gasteiger partial charge in [-0.25, -0.2) is 4.52 Å². The molecular weight excluding hydrogens is 362 g/mol. The summed E-state index contributed by atoms with van der Waals surface area (Å²) in [5.74, 6) is 2.01. The largest absolute Gasteiger partial charge is 0.331 e. The van der Waals surface area contributed by atoms with E-state index in [9.17, 15) is 0 Å². The van der Waals surface area contributed by atoms with Gasteiger partial charge in [0.2, 0.25) is 0 Å². The average molecular weight is 398 g/mol. The third-order valence-electron chi connectivity index (χ3n) is 6.01. The topological polar surface area (TPSA) is 57.4 Å². The second kappa shape index (κ2) is 7.35. The smallest absolute Gasteiger partial charge is 0.161 e. The second-order valence-electron chi connectivity index (χ2n) is 8.69. The highest BCUT2D eigenvalue weighted by Crippen LogP contribution is 2.27. The minimum Gasteiger partial charge on any atom is -0.331 e. The van der Waals surface area contributed by atoms with E-state index in [0.717, 1.165) is 22.9 Å². The quantitative estimate of drug-likeness (QED) is 0.499. The van der Waals surface area contributed by atoms with Crippen molar-refractivity contribution in [1.29, 1.82) is 0 Å². The Hall–Kier alpha value is -2.57. The molecule has 0 atom stereocenters. The van der Waals surface area contributed by atoms with Crippen LogP contribution in [0, 0.1) is 34.6 Å². The van der Waals surface area contributed by atoms with E-state index in [0.29, 0.717) is 11.8 Å². The lowest BCUT2D eigenvalue weighted by atomic mass is 10.0. The van der Waals surface area contributed by atoms with E-state index in [1.54, 1.807) is 4.63 Å². The highest BCUT2D eigenvalue weighted by atomic mass is 15.5. The molecule has 0 aromatic carbocycles. The van der Waals surface area contributed by atoms with Gasteiger partial charge in [0.15, 0.2) is 5.65 Å². The van der Waals surface area contributed by atoms with Crippen LogP contribution in [0.25, 0.3) is 11.3 Å². The summed E-state index contributed by atoms with van der Waals surface area (Å²) in [6, 6.07) is 0. The van der Waals surface area contributed by atoms with E-state index in [-0.39, 0.29) is 0 Å². The molecule has 158 valence electrons. The molecular formula is C22H35N7. The molecule has 0 aliphatic rings. The second-order valence-corrected chi connectivity index (χ2v) is 8.69. The van der Waals surface area contributed by atoms with Gasteiger partial charge in [-0.05, 0) is 46.5 Å². The highest BCUT2D eigenvalue weighted by Gasteiger charge is 2.19. The Morgan fingerprint density at radius 2 is 1.14 bits per heavy atom. The molecule has 0 amide bonds. The van der Waals surface area contributed by atoms with Crippen LogP contribution in [-0.2, 0) is 14.1 Å². The number of hydrogen-bond acceptors (Lipinski definition) is 3. The van der Waals surface area contributed by atoms with Crippen LogP contribution >= 0.6 is 0 Å². The maximum Gasteiger partial charge on any atom is 0.161 e. The number of aryl methyl sites for hydroxylation is 6. The van der Waals surface area contributed by atoms with Crippen LogP contribution in [0.5, 0.6) is 0 Å². The monoisotopic (exact) mass is 397 g/mol. The van der Waals surface area contributed by atoms with Crippen molar-refractivity contribution in [2.45, 2.75) is 74.1 Å². The first-order chi connectivity index (χ1) is 13.5. The number of aromatic nitrogens is 7. The molecule has 7 nitrogen and oxygen atoms in total. The van der Waals surface area contributed by atoms with Gasteiger partial charge in [0, 0.05) is 30.9 Å². The normalized spacial score (nSPS) is 11.9. The summed E-state index contributed by atoms with van der Waals surface area (Å²) in [6.07, 6.45) is 0. The highest BCUT2D eigenvalue weighted by molar-refractivity contribution is 5.56. The minimum absolute atomic E-state index is 0.488. The summed E-state index contributed by atoms with van der Waals surface area (Å²) < 4.78 is 8.14. The molecule has 0 fully saturated rings. The fourth-order valence-corrected chi connectivity index (χ4v) is 4.25. The van der Waals surface area contributed by atoms with E-state index in [4.69, 9.17) is 0 Å². The van der Waals surface area contributed by atoms with Crippen molar-refractivity contribution in [1.82, 2.24) is 33.6 Å². The third-order valence-corrected chi connectivity index (χ3v) is 6.01. The van der Waals surface area contributed by atoms with Crippen LogP contribution in [0.4, 0.5) is 0 Å². The van der Waals surface area contributed by atoms with Crippen LogP contribution in [0.15, 0.2) is 0 Å². The van der Waals surface area contributed by atoms with Crippen LogP contribution in [-0.4, -0.2) is 33.6 Å². The van der Waals surface area contributed by atoms with E-state index >= 15 is 0 Å². The average Bonchev–Trinajstić information content (AvgIpc) is 3.28. The van der Waals surface area contributed by atoms with Gasteiger partial charge in [-0.3, -0.25) is 0 Å². The summed E-state index contributed by atoms with van der Waals surface area (Å²) in [6.45, 7) is 19.2. The Morgan fingerprint density at radius 1 is 0.621 bits per heavy atom. The number of fused-ring (bicyclic) bond motifs is 2. The minimum atomic E-state index is 0.488. The molecule has 4 aromatic heterocycles. The molecule has 0 N–H and O–H groups in total. The number of hydrogen-bond donors (Lipinski definition) is 0. The summed E-state index contributed by atoms with van der Waals surface area (Å²) in [5.41, 5.74) is 9.80. The molecule has 0 saturated carbocycles. The lowest BCUT2D eigenvalue weighted by molar-refractivity contribution is 0.784. The Morgan fingerprint density at radius 3 is 1.69 bits per heavy atom. The molecule has 29 heavy (non-hydrogen) atoms. The Bertz CT molecular complexity index is 1180. The molecule has 0 spiro atoms. The Labute approximate surface area is 173 Å². The van der Waals surface area contributed by atoms with Crippen molar-refractivity contribution in [3.63, 3.8) is 0 Å². The lowest BCUT2D eigenvalue weighted by Gasteiger charge is -2.05. The van der Waals surface area contributed by atoms with Crippen LogP contribution in [0.3, 0.4) is 0 Å². The number of nitrogens with zero attached hydrogens (tertiary/aromatic N) is 7. The third kappa shape index (κ3) is 3.26. The van der Waals surface area contributed by atoms with Crippen LogP contribution in [0.1, 0.15) is 79.3 Å². The Balaban J connectivity index is 0.000000166. The van der Waals surface area contributed by atoms with Crippen molar-refractivity contribution < 1.29 is 0 Å².